The maximum Gasteiger partial charge on any atom is 0.142 e. The summed E-state index contributed by atoms with van der Waals surface area (Å²) in [7, 11) is 2.29. The number of nitrogens with zero attached hydrogens (tertiary/aromatic N) is 2. The standard InChI is InChI=1S/C23H23IN2O/c1-26-18-11-12-21(26)23(19(13-18)15-7-9-17(24)10-8-15)22-14-20(25-27-22)16-5-3-2-4-6-16/h2-10,14,18-19,21,23H,11-13H2,1H3/t18-,19?,21?,23+/m1/s1. The molecule has 4 atom stereocenters. The maximum absolute atomic E-state index is 5.95. The van der Waals surface area contributed by atoms with Gasteiger partial charge in [0.15, 0.2) is 0 Å². The van der Waals surface area contributed by atoms with Crippen LogP contribution in [0.1, 0.15) is 42.4 Å². The van der Waals surface area contributed by atoms with Crippen LogP contribution in [0.15, 0.2) is 65.2 Å². The van der Waals surface area contributed by atoms with Gasteiger partial charge in [-0.25, -0.2) is 0 Å². The van der Waals surface area contributed by atoms with E-state index >= 15 is 0 Å². The molecule has 3 heterocycles. The normalized spacial score (nSPS) is 27.8. The van der Waals surface area contributed by atoms with Crippen molar-refractivity contribution in [1.29, 1.82) is 0 Å². The Kier molecular flexibility index (Phi) is 4.56. The van der Waals surface area contributed by atoms with Gasteiger partial charge < -0.3 is 4.52 Å². The molecule has 3 aromatic rings. The predicted octanol–water partition coefficient (Wildman–Crippen LogP) is 5.68. The van der Waals surface area contributed by atoms with Crippen LogP contribution in [0, 0.1) is 3.57 Å². The van der Waals surface area contributed by atoms with Crippen molar-refractivity contribution in [2.24, 2.45) is 0 Å². The molecule has 2 saturated heterocycles. The number of likely N-dealkylation sites (N-methyl/N-ethyl adjacent to an activating group) is 1. The minimum Gasteiger partial charge on any atom is -0.360 e. The molecule has 0 spiro atoms. The summed E-state index contributed by atoms with van der Waals surface area (Å²) in [5, 5.41) is 4.42. The van der Waals surface area contributed by atoms with Crippen LogP contribution in [-0.4, -0.2) is 29.2 Å². The minimum atomic E-state index is 0.360. The van der Waals surface area contributed by atoms with Crippen LogP contribution in [-0.2, 0) is 0 Å². The molecule has 1 aromatic heterocycles. The summed E-state index contributed by atoms with van der Waals surface area (Å²) in [6.45, 7) is 0. The van der Waals surface area contributed by atoms with Crippen LogP contribution >= 0.6 is 22.6 Å². The summed E-state index contributed by atoms with van der Waals surface area (Å²) < 4.78 is 7.24. The van der Waals surface area contributed by atoms with E-state index in [-0.39, 0.29) is 0 Å². The molecule has 0 amide bonds. The third-order valence-electron chi connectivity index (χ3n) is 6.49. The summed E-state index contributed by atoms with van der Waals surface area (Å²) >= 11 is 2.38. The molecule has 0 saturated carbocycles. The molecule has 2 fully saturated rings. The van der Waals surface area contributed by atoms with Crippen LogP contribution in [0.25, 0.3) is 11.3 Å². The summed E-state index contributed by atoms with van der Waals surface area (Å²) in [5.41, 5.74) is 3.49. The molecule has 0 radical (unpaired) electrons. The highest BCUT2D eigenvalue weighted by Gasteiger charge is 2.48. The molecular weight excluding hydrogens is 447 g/mol. The number of hydrogen-bond donors (Lipinski definition) is 0. The topological polar surface area (TPSA) is 29.3 Å². The maximum atomic E-state index is 5.95. The van der Waals surface area contributed by atoms with Gasteiger partial charge in [0.05, 0.1) is 0 Å². The Labute approximate surface area is 173 Å². The Morgan fingerprint density at radius 1 is 1.04 bits per heavy atom. The number of benzene rings is 2. The van der Waals surface area contributed by atoms with Crippen LogP contribution in [0.5, 0.6) is 0 Å². The fourth-order valence-corrected chi connectivity index (χ4v) is 5.46. The molecular formula is C23H23IN2O. The van der Waals surface area contributed by atoms with Crippen LogP contribution in [0.4, 0.5) is 0 Å². The quantitative estimate of drug-likeness (QED) is 0.462. The van der Waals surface area contributed by atoms with Gasteiger partial charge in [-0.2, -0.15) is 0 Å². The molecule has 138 valence electrons. The highest BCUT2D eigenvalue weighted by atomic mass is 127. The van der Waals surface area contributed by atoms with Gasteiger partial charge in [0.1, 0.15) is 11.5 Å². The van der Waals surface area contributed by atoms with Crippen LogP contribution < -0.4 is 0 Å². The summed E-state index contributed by atoms with van der Waals surface area (Å²) in [5.74, 6) is 1.89. The molecule has 2 aliphatic rings. The second-order valence-corrected chi connectivity index (χ2v) is 9.11. The Morgan fingerprint density at radius 2 is 1.81 bits per heavy atom. The van der Waals surface area contributed by atoms with Crippen molar-refractivity contribution >= 4 is 22.6 Å². The van der Waals surface area contributed by atoms with Gasteiger partial charge in [-0.3, -0.25) is 4.90 Å². The zero-order chi connectivity index (χ0) is 18.4. The van der Waals surface area contributed by atoms with E-state index in [0.29, 0.717) is 23.9 Å². The number of aromatic nitrogens is 1. The lowest BCUT2D eigenvalue weighted by Crippen LogP contribution is -2.44. The highest BCUT2D eigenvalue weighted by Crippen LogP contribution is 2.51. The average molecular weight is 470 g/mol. The zero-order valence-corrected chi connectivity index (χ0v) is 17.5. The molecule has 4 heteroatoms. The Morgan fingerprint density at radius 3 is 2.59 bits per heavy atom. The molecule has 0 N–H and O–H groups in total. The van der Waals surface area contributed by atoms with Gasteiger partial charge in [-0.05, 0) is 72.5 Å². The van der Waals surface area contributed by atoms with E-state index < -0.39 is 0 Å². The number of halogens is 1. The van der Waals surface area contributed by atoms with Crippen molar-refractivity contribution in [2.75, 3.05) is 7.05 Å². The highest BCUT2D eigenvalue weighted by molar-refractivity contribution is 14.1. The molecule has 2 aromatic carbocycles. The number of hydrogen-bond acceptors (Lipinski definition) is 3. The Bertz CT molecular complexity index is 921. The molecule has 2 unspecified atom stereocenters. The van der Waals surface area contributed by atoms with E-state index in [2.05, 4.69) is 82.2 Å². The van der Waals surface area contributed by atoms with Crippen LogP contribution in [0.3, 0.4) is 0 Å². The molecule has 2 bridgehead atoms. The molecule has 2 aliphatic heterocycles. The fourth-order valence-electron chi connectivity index (χ4n) is 5.10. The number of piperidine rings is 1. The Hall–Kier alpha value is -1.66. The third kappa shape index (κ3) is 3.13. The monoisotopic (exact) mass is 470 g/mol. The van der Waals surface area contributed by atoms with E-state index in [1.807, 2.05) is 18.2 Å². The first kappa shape index (κ1) is 17.4. The third-order valence-corrected chi connectivity index (χ3v) is 7.21. The van der Waals surface area contributed by atoms with E-state index in [4.69, 9.17) is 4.52 Å². The van der Waals surface area contributed by atoms with Gasteiger partial charge in [0, 0.05) is 33.2 Å². The van der Waals surface area contributed by atoms with E-state index in [1.165, 1.54) is 28.4 Å². The summed E-state index contributed by atoms with van der Waals surface area (Å²) in [6, 6.07) is 22.8. The van der Waals surface area contributed by atoms with Crippen molar-refractivity contribution < 1.29 is 4.52 Å². The van der Waals surface area contributed by atoms with Crippen LogP contribution in [0.2, 0.25) is 0 Å². The first-order chi connectivity index (χ1) is 13.2. The predicted molar refractivity (Wildman–Crippen MR) is 116 cm³/mol. The van der Waals surface area contributed by atoms with E-state index in [9.17, 15) is 0 Å². The Balaban J connectivity index is 1.54. The lowest BCUT2D eigenvalue weighted by atomic mass is 9.75. The molecule has 3 nitrogen and oxygen atoms in total. The van der Waals surface area contributed by atoms with Crippen molar-refractivity contribution in [1.82, 2.24) is 10.1 Å². The second kappa shape index (κ2) is 7.06. The zero-order valence-electron chi connectivity index (χ0n) is 15.4. The van der Waals surface area contributed by atoms with E-state index in [0.717, 1.165) is 17.0 Å². The fraction of sp³-hybridized carbons (Fsp3) is 0.348. The minimum absolute atomic E-state index is 0.360. The van der Waals surface area contributed by atoms with Crippen molar-refractivity contribution in [2.45, 2.75) is 43.2 Å². The first-order valence-corrected chi connectivity index (χ1v) is 10.8. The number of fused-ring (bicyclic) bond motifs is 2. The molecule has 5 rings (SSSR count). The average Bonchev–Trinajstić information content (AvgIpc) is 3.26. The molecule has 27 heavy (non-hydrogen) atoms. The lowest BCUT2D eigenvalue weighted by Gasteiger charge is -2.42. The smallest absolute Gasteiger partial charge is 0.142 e. The first-order valence-electron chi connectivity index (χ1n) is 9.70. The van der Waals surface area contributed by atoms with Crippen molar-refractivity contribution in [3.8, 4) is 11.3 Å². The van der Waals surface area contributed by atoms with Gasteiger partial charge in [0.25, 0.3) is 0 Å². The summed E-state index contributed by atoms with van der Waals surface area (Å²) in [6.07, 6.45) is 3.73. The van der Waals surface area contributed by atoms with Gasteiger partial charge in [-0.1, -0.05) is 47.6 Å². The van der Waals surface area contributed by atoms with E-state index in [1.54, 1.807) is 0 Å². The largest absolute Gasteiger partial charge is 0.360 e. The SMILES string of the molecule is CN1C2CC[C@@H]1CC(c1ccc(I)cc1)[C@@H]2c1cc(-c2ccccc2)no1. The van der Waals surface area contributed by atoms with Gasteiger partial charge in [-0.15, -0.1) is 0 Å². The van der Waals surface area contributed by atoms with Crippen molar-refractivity contribution in [3.63, 3.8) is 0 Å². The number of rotatable bonds is 3. The van der Waals surface area contributed by atoms with Gasteiger partial charge >= 0.3 is 0 Å². The van der Waals surface area contributed by atoms with Crippen molar-refractivity contribution in [3.05, 3.63) is 75.6 Å². The van der Waals surface area contributed by atoms with Gasteiger partial charge in [0.2, 0.25) is 0 Å². The second-order valence-electron chi connectivity index (χ2n) is 7.86. The lowest BCUT2D eigenvalue weighted by molar-refractivity contribution is 0.122. The summed E-state index contributed by atoms with van der Waals surface area (Å²) in [4.78, 5) is 2.58. The molecule has 0 aliphatic carbocycles.